The van der Waals surface area contributed by atoms with Crippen LogP contribution in [0.15, 0.2) is 60.9 Å². The molecule has 0 aliphatic heterocycles. The van der Waals surface area contributed by atoms with Crippen LogP contribution in [0.1, 0.15) is 24.1 Å². The molecule has 4 aromatic rings. The summed E-state index contributed by atoms with van der Waals surface area (Å²) in [4.78, 5) is 8.73. The van der Waals surface area contributed by atoms with E-state index in [0.717, 1.165) is 16.9 Å². The molecule has 1 atom stereocenters. The molecule has 4 rings (SSSR count). The van der Waals surface area contributed by atoms with Gasteiger partial charge in [0.1, 0.15) is 17.5 Å². The third kappa shape index (κ3) is 4.01. The molecule has 2 aromatic carbocycles. The van der Waals surface area contributed by atoms with Crippen molar-refractivity contribution in [2.45, 2.75) is 19.9 Å². The lowest BCUT2D eigenvalue weighted by molar-refractivity contribution is 0.876. The van der Waals surface area contributed by atoms with Crippen molar-refractivity contribution >= 4 is 40.8 Å². The fourth-order valence-corrected chi connectivity index (χ4v) is 2.95. The van der Waals surface area contributed by atoms with Crippen LogP contribution in [0.4, 0.5) is 17.3 Å². The molecule has 0 bridgehead atoms. The standard InChI is InChI=1S/C20H20N6.ClH/c1-13-7-6-10-16(11-13)24-20-17-18(21-12-22-19(17)25-26-20)23-14(2)15-8-4-3-5-9-15;/h3-12,14H,1-2H3,(H3,21,22,23,24,25,26);1H. The van der Waals surface area contributed by atoms with E-state index in [4.69, 9.17) is 0 Å². The van der Waals surface area contributed by atoms with E-state index in [1.54, 1.807) is 0 Å². The number of hydrogen-bond acceptors (Lipinski definition) is 5. The monoisotopic (exact) mass is 380 g/mol. The number of hydrogen-bond donors (Lipinski definition) is 3. The van der Waals surface area contributed by atoms with Crippen LogP contribution in [0.2, 0.25) is 0 Å². The molecule has 27 heavy (non-hydrogen) atoms. The van der Waals surface area contributed by atoms with Crippen LogP contribution in [0.3, 0.4) is 0 Å². The minimum absolute atomic E-state index is 0. The van der Waals surface area contributed by atoms with E-state index in [2.05, 4.69) is 68.9 Å². The molecule has 0 fully saturated rings. The first kappa shape index (κ1) is 18.7. The average molecular weight is 381 g/mol. The quantitative estimate of drug-likeness (QED) is 0.454. The van der Waals surface area contributed by atoms with Crippen LogP contribution in [0, 0.1) is 6.92 Å². The summed E-state index contributed by atoms with van der Waals surface area (Å²) in [5.74, 6) is 1.45. The molecule has 0 aliphatic rings. The smallest absolute Gasteiger partial charge is 0.165 e. The van der Waals surface area contributed by atoms with E-state index in [9.17, 15) is 0 Å². The topological polar surface area (TPSA) is 78.5 Å². The highest BCUT2D eigenvalue weighted by atomic mass is 35.5. The van der Waals surface area contributed by atoms with E-state index >= 15 is 0 Å². The van der Waals surface area contributed by atoms with Gasteiger partial charge in [0.05, 0.1) is 0 Å². The molecular weight excluding hydrogens is 360 g/mol. The summed E-state index contributed by atoms with van der Waals surface area (Å²) < 4.78 is 0. The number of anilines is 3. The van der Waals surface area contributed by atoms with Crippen molar-refractivity contribution in [1.29, 1.82) is 0 Å². The second-order valence-corrected chi connectivity index (χ2v) is 6.29. The molecule has 2 heterocycles. The Morgan fingerprint density at radius 3 is 2.56 bits per heavy atom. The third-order valence-electron chi connectivity index (χ3n) is 4.29. The van der Waals surface area contributed by atoms with Crippen LogP contribution in [0.25, 0.3) is 11.0 Å². The number of aryl methyl sites for hydroxylation is 1. The van der Waals surface area contributed by atoms with Crippen LogP contribution < -0.4 is 10.6 Å². The van der Waals surface area contributed by atoms with Gasteiger partial charge in [-0.3, -0.25) is 5.10 Å². The zero-order valence-corrected chi connectivity index (χ0v) is 15.9. The largest absolute Gasteiger partial charge is 0.363 e. The van der Waals surface area contributed by atoms with Crippen molar-refractivity contribution < 1.29 is 0 Å². The maximum Gasteiger partial charge on any atom is 0.165 e. The molecule has 0 saturated heterocycles. The van der Waals surface area contributed by atoms with Crippen LogP contribution in [-0.4, -0.2) is 20.2 Å². The van der Waals surface area contributed by atoms with Gasteiger partial charge in [0.2, 0.25) is 0 Å². The number of fused-ring (bicyclic) bond motifs is 1. The fourth-order valence-electron chi connectivity index (χ4n) is 2.95. The van der Waals surface area contributed by atoms with E-state index in [1.807, 2.05) is 30.3 Å². The van der Waals surface area contributed by atoms with Gasteiger partial charge < -0.3 is 10.6 Å². The van der Waals surface area contributed by atoms with Gasteiger partial charge in [-0.05, 0) is 37.1 Å². The Balaban J connectivity index is 0.00000210. The van der Waals surface area contributed by atoms with E-state index in [0.29, 0.717) is 11.5 Å². The maximum absolute atomic E-state index is 4.44. The molecule has 2 aromatic heterocycles. The summed E-state index contributed by atoms with van der Waals surface area (Å²) in [6, 6.07) is 18.5. The van der Waals surface area contributed by atoms with Crippen LogP contribution in [-0.2, 0) is 0 Å². The molecule has 3 N–H and O–H groups in total. The maximum atomic E-state index is 4.44. The summed E-state index contributed by atoms with van der Waals surface area (Å²) in [6.45, 7) is 4.17. The Labute approximate surface area is 163 Å². The Bertz CT molecular complexity index is 1030. The second kappa shape index (κ2) is 8.05. The minimum atomic E-state index is 0. The normalized spacial score (nSPS) is 11.6. The Kier molecular flexibility index (Phi) is 5.57. The van der Waals surface area contributed by atoms with E-state index in [1.165, 1.54) is 17.5 Å². The highest BCUT2D eigenvalue weighted by Gasteiger charge is 2.15. The van der Waals surface area contributed by atoms with E-state index < -0.39 is 0 Å². The predicted molar refractivity (Wildman–Crippen MR) is 112 cm³/mol. The zero-order chi connectivity index (χ0) is 17.9. The van der Waals surface area contributed by atoms with Crippen molar-refractivity contribution in [3.05, 3.63) is 72.1 Å². The van der Waals surface area contributed by atoms with Crippen molar-refractivity contribution in [3.8, 4) is 0 Å². The number of nitrogens with zero attached hydrogens (tertiary/aromatic N) is 3. The van der Waals surface area contributed by atoms with Gasteiger partial charge in [-0.1, -0.05) is 42.5 Å². The van der Waals surface area contributed by atoms with Crippen molar-refractivity contribution in [1.82, 2.24) is 20.2 Å². The summed E-state index contributed by atoms with van der Waals surface area (Å²) in [5.41, 5.74) is 4.04. The lowest BCUT2D eigenvalue weighted by atomic mass is 10.1. The number of halogens is 1. The predicted octanol–water partition coefficient (Wildman–Crippen LogP) is 5.00. The Hall–Kier alpha value is -3.12. The van der Waals surface area contributed by atoms with Crippen molar-refractivity contribution in [2.24, 2.45) is 0 Å². The van der Waals surface area contributed by atoms with Crippen molar-refractivity contribution in [3.63, 3.8) is 0 Å². The molecule has 138 valence electrons. The third-order valence-corrected chi connectivity index (χ3v) is 4.29. The highest BCUT2D eigenvalue weighted by molar-refractivity contribution is 5.97. The molecule has 0 spiro atoms. The molecule has 0 aliphatic carbocycles. The van der Waals surface area contributed by atoms with Crippen molar-refractivity contribution in [2.75, 3.05) is 10.6 Å². The zero-order valence-electron chi connectivity index (χ0n) is 15.1. The van der Waals surface area contributed by atoms with Gasteiger partial charge in [0, 0.05) is 11.7 Å². The molecule has 6 nitrogen and oxygen atoms in total. The highest BCUT2D eigenvalue weighted by Crippen LogP contribution is 2.30. The van der Waals surface area contributed by atoms with Gasteiger partial charge in [0.15, 0.2) is 11.5 Å². The first-order valence-electron chi connectivity index (χ1n) is 8.55. The molecule has 0 amide bonds. The summed E-state index contributed by atoms with van der Waals surface area (Å²) in [7, 11) is 0. The number of rotatable bonds is 5. The lowest BCUT2D eigenvalue weighted by Gasteiger charge is -2.15. The summed E-state index contributed by atoms with van der Waals surface area (Å²) in [6.07, 6.45) is 1.54. The van der Waals surface area contributed by atoms with Gasteiger partial charge >= 0.3 is 0 Å². The summed E-state index contributed by atoms with van der Waals surface area (Å²) >= 11 is 0. The molecular formula is C20H21ClN6. The van der Waals surface area contributed by atoms with Gasteiger partial charge in [-0.25, -0.2) is 9.97 Å². The molecule has 0 radical (unpaired) electrons. The number of benzene rings is 2. The number of H-pyrrole nitrogens is 1. The number of aromatic amines is 1. The first-order chi connectivity index (χ1) is 12.7. The van der Waals surface area contributed by atoms with Gasteiger partial charge in [-0.2, -0.15) is 5.10 Å². The lowest BCUT2D eigenvalue weighted by Crippen LogP contribution is -2.08. The molecule has 1 unspecified atom stereocenters. The molecule has 7 heteroatoms. The minimum Gasteiger partial charge on any atom is -0.363 e. The number of nitrogens with one attached hydrogen (secondary N) is 3. The Morgan fingerprint density at radius 2 is 1.78 bits per heavy atom. The first-order valence-corrected chi connectivity index (χ1v) is 8.55. The van der Waals surface area contributed by atoms with Crippen LogP contribution in [0.5, 0.6) is 0 Å². The van der Waals surface area contributed by atoms with Crippen LogP contribution >= 0.6 is 12.4 Å². The summed E-state index contributed by atoms with van der Waals surface area (Å²) in [5, 5.41) is 15.0. The SMILES string of the molecule is Cc1cccc(Nc2n[nH]c3ncnc(NC(C)c4ccccc4)c23)c1.Cl. The fraction of sp³-hybridized carbons (Fsp3) is 0.150. The van der Waals surface area contributed by atoms with E-state index in [-0.39, 0.29) is 18.4 Å². The molecule has 0 saturated carbocycles. The second-order valence-electron chi connectivity index (χ2n) is 6.29. The van der Waals surface area contributed by atoms with Gasteiger partial charge in [0.25, 0.3) is 0 Å². The number of aromatic nitrogens is 4. The Morgan fingerprint density at radius 1 is 0.963 bits per heavy atom. The average Bonchev–Trinajstić information content (AvgIpc) is 3.06. The van der Waals surface area contributed by atoms with Gasteiger partial charge in [-0.15, -0.1) is 12.4 Å².